The van der Waals surface area contributed by atoms with Gasteiger partial charge < -0.3 is 19.4 Å². The summed E-state index contributed by atoms with van der Waals surface area (Å²) in [6.07, 6.45) is 58.2. The van der Waals surface area contributed by atoms with Crippen molar-refractivity contribution in [2.75, 3.05) is 40.9 Å². The van der Waals surface area contributed by atoms with Gasteiger partial charge in [-0.15, -0.1) is 0 Å². The Morgan fingerprint density at radius 2 is 0.897 bits per heavy atom. The van der Waals surface area contributed by atoms with Crippen LogP contribution >= 0.6 is 7.82 Å². The molecule has 3 unspecified atom stereocenters. The van der Waals surface area contributed by atoms with Gasteiger partial charge in [0, 0.05) is 12.8 Å². The van der Waals surface area contributed by atoms with Crippen molar-refractivity contribution >= 4 is 19.7 Å². The van der Waals surface area contributed by atoms with E-state index in [4.69, 9.17) is 13.8 Å². The molecule has 3 atom stereocenters. The van der Waals surface area contributed by atoms with Gasteiger partial charge in [0.2, 0.25) is 5.91 Å². The van der Waals surface area contributed by atoms with Crippen molar-refractivity contribution in [2.24, 2.45) is 0 Å². The van der Waals surface area contributed by atoms with E-state index in [-0.39, 0.29) is 31.5 Å². The van der Waals surface area contributed by atoms with Crippen molar-refractivity contribution in [3.05, 3.63) is 48.6 Å². The van der Waals surface area contributed by atoms with E-state index in [0.717, 1.165) is 70.6 Å². The van der Waals surface area contributed by atoms with Crippen molar-refractivity contribution in [1.29, 1.82) is 0 Å². The second-order valence-corrected chi connectivity index (χ2v) is 21.9. The summed E-state index contributed by atoms with van der Waals surface area (Å²) in [6.45, 7) is 6.97. The second kappa shape index (κ2) is 48.6. The van der Waals surface area contributed by atoms with Crippen molar-refractivity contribution < 1.29 is 37.3 Å². The van der Waals surface area contributed by atoms with E-state index in [1.807, 2.05) is 33.3 Å². The number of nitrogens with one attached hydrogen (secondary N) is 1. The molecule has 0 spiro atoms. The molecule has 0 aromatic heterocycles. The molecule has 9 nitrogen and oxygen atoms in total. The van der Waals surface area contributed by atoms with Gasteiger partial charge in [0.25, 0.3) is 0 Å². The van der Waals surface area contributed by atoms with Crippen LogP contribution in [0.5, 0.6) is 0 Å². The molecule has 0 rings (SSSR count). The van der Waals surface area contributed by atoms with Crippen LogP contribution in [-0.2, 0) is 27.9 Å². The first-order chi connectivity index (χ1) is 32.9. The van der Waals surface area contributed by atoms with Crippen LogP contribution in [0.25, 0.3) is 0 Å². The Morgan fingerprint density at radius 3 is 1.34 bits per heavy atom. The number of quaternary nitrogens is 1. The molecule has 0 bridgehead atoms. The van der Waals surface area contributed by atoms with E-state index in [9.17, 15) is 19.0 Å². The number of likely N-dealkylation sites (N-methyl/N-ethyl adjacent to an activating group) is 1. The Kier molecular flexibility index (Phi) is 47.1. The number of nitrogens with zero attached hydrogens (tertiary/aromatic N) is 1. The zero-order chi connectivity index (χ0) is 50.1. The lowest BCUT2D eigenvalue weighted by molar-refractivity contribution is -0.870. The number of rotatable bonds is 51. The predicted molar refractivity (Wildman–Crippen MR) is 291 cm³/mol. The normalized spacial score (nSPS) is 14.2. The fraction of sp³-hybridized carbons (Fsp3) is 0.828. The first-order valence-corrected chi connectivity index (χ1v) is 30.0. The predicted octanol–water partition coefficient (Wildman–Crippen LogP) is 16.9. The average molecular weight is 978 g/mol. The Hall–Kier alpha value is -2.03. The van der Waals surface area contributed by atoms with Gasteiger partial charge in [-0.2, -0.15) is 0 Å². The third kappa shape index (κ3) is 49.0. The fourth-order valence-electron chi connectivity index (χ4n) is 8.04. The lowest BCUT2D eigenvalue weighted by Crippen LogP contribution is -2.47. The molecule has 10 heteroatoms. The summed E-state index contributed by atoms with van der Waals surface area (Å²) in [4.78, 5) is 37.5. The molecule has 0 aromatic rings. The smallest absolute Gasteiger partial charge is 0.456 e. The van der Waals surface area contributed by atoms with E-state index in [0.29, 0.717) is 30.3 Å². The van der Waals surface area contributed by atoms with Crippen LogP contribution in [0.4, 0.5) is 0 Å². The van der Waals surface area contributed by atoms with E-state index >= 15 is 0 Å². The van der Waals surface area contributed by atoms with Crippen LogP contribution in [0.15, 0.2) is 48.6 Å². The second-order valence-electron chi connectivity index (χ2n) is 20.5. The summed E-state index contributed by atoms with van der Waals surface area (Å²) in [5.74, 6) is -0.551. The number of phosphoric acid groups is 1. The molecule has 1 amide bonds. The van der Waals surface area contributed by atoms with E-state index in [2.05, 4.69) is 62.5 Å². The molecule has 0 aliphatic rings. The summed E-state index contributed by atoms with van der Waals surface area (Å²) in [6, 6.07) is -0.866. The highest BCUT2D eigenvalue weighted by molar-refractivity contribution is 7.47. The van der Waals surface area contributed by atoms with Gasteiger partial charge in [-0.3, -0.25) is 18.6 Å². The molecule has 68 heavy (non-hydrogen) atoms. The number of hydrogen-bond acceptors (Lipinski definition) is 6. The first-order valence-electron chi connectivity index (χ1n) is 28.5. The number of amides is 1. The molecule has 0 fully saturated rings. The molecule has 0 aliphatic heterocycles. The molecule has 0 saturated heterocycles. The van der Waals surface area contributed by atoms with E-state index < -0.39 is 20.0 Å². The van der Waals surface area contributed by atoms with Gasteiger partial charge in [0.1, 0.15) is 19.3 Å². The Bertz CT molecular complexity index is 1310. The minimum absolute atomic E-state index is 0.0329. The van der Waals surface area contributed by atoms with Crippen molar-refractivity contribution in [3.63, 3.8) is 0 Å². The van der Waals surface area contributed by atoms with Crippen molar-refractivity contribution in [2.45, 2.75) is 270 Å². The molecule has 398 valence electrons. The van der Waals surface area contributed by atoms with Gasteiger partial charge in [-0.05, 0) is 83.1 Å². The maximum Gasteiger partial charge on any atom is 0.472 e. The maximum atomic E-state index is 13.5. The number of unbranched alkanes of at least 4 members (excludes halogenated alkanes) is 30. The SMILES string of the molecule is CCCCCCCCC/C=C\CCCCCC(=O)OC(/C=C/CCCCCCCCCCCC)C(COP(=O)(O)OCC[N+](C)(C)C)NC(=O)CCCCC/C=C/C=C/CCCCCCCCC. The molecule has 2 N–H and O–H groups in total. The summed E-state index contributed by atoms with van der Waals surface area (Å²) >= 11 is 0. The molecule has 0 aliphatic carbocycles. The Morgan fingerprint density at radius 1 is 0.515 bits per heavy atom. The number of carbonyl (C=O) groups is 2. The quantitative estimate of drug-likeness (QED) is 0.0156. The molecular weight excluding hydrogens is 868 g/mol. The first kappa shape index (κ1) is 66.0. The number of hydrogen-bond donors (Lipinski definition) is 2. The lowest BCUT2D eigenvalue weighted by Gasteiger charge is -2.27. The van der Waals surface area contributed by atoms with Crippen molar-refractivity contribution in [3.8, 4) is 0 Å². The largest absolute Gasteiger partial charge is 0.472 e. The fourth-order valence-corrected chi connectivity index (χ4v) is 8.78. The monoisotopic (exact) mass is 978 g/mol. The topological polar surface area (TPSA) is 111 Å². The van der Waals surface area contributed by atoms with Gasteiger partial charge in [0.15, 0.2) is 0 Å². The molecular formula is C58H110N2O7P+. The van der Waals surface area contributed by atoms with Crippen LogP contribution in [0.1, 0.15) is 258 Å². The summed E-state index contributed by atoms with van der Waals surface area (Å²) in [7, 11) is 1.47. The number of esters is 1. The lowest BCUT2D eigenvalue weighted by atomic mass is 10.1. The minimum Gasteiger partial charge on any atom is -0.456 e. The number of phosphoric ester groups is 1. The summed E-state index contributed by atoms with van der Waals surface area (Å²) < 4.78 is 30.5. The third-order valence-corrected chi connectivity index (χ3v) is 13.5. The highest BCUT2D eigenvalue weighted by Crippen LogP contribution is 2.43. The van der Waals surface area contributed by atoms with Crippen molar-refractivity contribution in [1.82, 2.24) is 5.32 Å². The number of allylic oxidation sites excluding steroid dienone is 7. The summed E-state index contributed by atoms with van der Waals surface area (Å²) in [5, 5.41) is 3.03. The summed E-state index contributed by atoms with van der Waals surface area (Å²) in [5.41, 5.74) is 0. The van der Waals surface area contributed by atoms with Gasteiger partial charge in [-0.1, -0.05) is 211 Å². The minimum atomic E-state index is -4.45. The van der Waals surface area contributed by atoms with Crippen LogP contribution in [0.2, 0.25) is 0 Å². The Balaban J connectivity index is 5.43. The van der Waals surface area contributed by atoms with E-state index in [1.54, 1.807) is 0 Å². The molecule has 0 radical (unpaired) electrons. The van der Waals surface area contributed by atoms with Gasteiger partial charge in [0.05, 0.1) is 33.8 Å². The highest BCUT2D eigenvalue weighted by Gasteiger charge is 2.30. The maximum absolute atomic E-state index is 13.5. The molecule has 0 aromatic carbocycles. The van der Waals surface area contributed by atoms with Gasteiger partial charge in [-0.25, -0.2) is 4.57 Å². The van der Waals surface area contributed by atoms with Crippen LogP contribution in [0, 0.1) is 0 Å². The standard InChI is InChI=1S/C58H109N2O7P/c1-7-10-13-16-19-22-25-28-30-31-32-35-38-41-44-47-50-57(61)59-55(54-66-68(63,64)65-53-52-60(4,5)6)56(49-46-43-40-37-34-27-24-21-18-15-12-9-3)67-58(62)51-48-45-42-39-36-33-29-26-23-20-17-14-11-8-2/h30-33,35-36,46,49,55-56H,7-29,34,37-45,47-48,50-54H2,1-6H3,(H-,59,61,63,64)/p+1/b31-30+,35-32+,36-33-,49-46+. The van der Waals surface area contributed by atoms with Gasteiger partial charge >= 0.3 is 13.8 Å². The molecule has 0 heterocycles. The number of carbonyl (C=O) groups excluding carboxylic acids is 2. The number of ether oxygens (including phenoxy) is 1. The zero-order valence-corrected chi connectivity index (χ0v) is 46.2. The third-order valence-electron chi connectivity index (χ3n) is 12.5. The highest BCUT2D eigenvalue weighted by atomic mass is 31.2. The van der Waals surface area contributed by atoms with Crippen LogP contribution in [0.3, 0.4) is 0 Å². The zero-order valence-electron chi connectivity index (χ0n) is 45.3. The Labute approximate surface area is 420 Å². The average Bonchev–Trinajstić information content (AvgIpc) is 3.29. The van der Waals surface area contributed by atoms with E-state index in [1.165, 1.54) is 141 Å². The van der Waals surface area contributed by atoms with Crippen LogP contribution in [-0.4, -0.2) is 74.3 Å². The van der Waals surface area contributed by atoms with Crippen LogP contribution < -0.4 is 5.32 Å². The molecule has 0 saturated carbocycles.